The second-order valence-electron chi connectivity index (χ2n) is 4.08. The predicted octanol–water partition coefficient (Wildman–Crippen LogP) is -0.964. The number of urea groups is 1. The maximum absolute atomic E-state index is 11.5. The number of carbonyl (C=O) groups excluding carboxylic acids is 2. The highest BCUT2D eigenvalue weighted by Crippen LogP contribution is 2.00. The van der Waals surface area contributed by atoms with E-state index in [1.54, 1.807) is 0 Å². The number of hydrogen-bond acceptors (Lipinski definition) is 5. The third-order valence-corrected chi connectivity index (χ3v) is 2.43. The lowest BCUT2D eigenvalue weighted by Crippen LogP contribution is -2.51. The third kappa shape index (κ3) is 8.18. The molecule has 0 aromatic heterocycles. The summed E-state index contributed by atoms with van der Waals surface area (Å²) >= 11 is 0. The molecule has 0 fully saturated rings. The molecule has 118 valence electrons. The first kappa shape index (κ1) is 18.4. The van der Waals surface area contributed by atoms with Crippen molar-refractivity contribution in [2.75, 3.05) is 0 Å². The van der Waals surface area contributed by atoms with Gasteiger partial charge in [0.1, 0.15) is 18.4 Å². The van der Waals surface area contributed by atoms with Crippen LogP contribution >= 0.6 is 0 Å². The monoisotopic (exact) mass is 304 g/mol. The Bertz CT molecular complexity index is 422. The van der Waals surface area contributed by atoms with Crippen molar-refractivity contribution in [3.8, 4) is 0 Å². The smallest absolute Gasteiger partial charge is 0.326 e. The van der Waals surface area contributed by atoms with Gasteiger partial charge in [0.15, 0.2) is 0 Å². The molecule has 10 nitrogen and oxygen atoms in total. The van der Waals surface area contributed by atoms with Crippen LogP contribution in [0.15, 0.2) is 0 Å². The Hall–Kier alpha value is -2.65. The van der Waals surface area contributed by atoms with Gasteiger partial charge in [-0.15, -0.1) is 0 Å². The van der Waals surface area contributed by atoms with Gasteiger partial charge in [-0.2, -0.15) is 0 Å². The van der Waals surface area contributed by atoms with Gasteiger partial charge in [0, 0.05) is 12.8 Å². The third-order valence-electron chi connectivity index (χ3n) is 2.43. The minimum atomic E-state index is -1.46. The van der Waals surface area contributed by atoms with Crippen LogP contribution in [0.2, 0.25) is 0 Å². The van der Waals surface area contributed by atoms with E-state index in [0.717, 1.165) is 0 Å². The number of nitrogens with one attached hydrogen (secondary N) is 2. The van der Waals surface area contributed by atoms with Gasteiger partial charge in [-0.3, -0.25) is 4.79 Å². The molecule has 0 aromatic carbocycles. The summed E-state index contributed by atoms with van der Waals surface area (Å²) in [6, 6.07) is -3.86. The molecular weight excluding hydrogens is 288 g/mol. The fraction of sp³-hybridized carbons (Fsp3) is 0.545. The molecule has 0 aliphatic carbocycles. The molecule has 0 aromatic rings. The summed E-state index contributed by atoms with van der Waals surface area (Å²) in [5.74, 6) is -4.03. The number of carboxylic acids is 3. The standard InChI is InChI=1S/C11H16N2O8/c14-5-1-2-6(9(17)18)12-11(21)13-7(10(19)20)3-4-8(15)16/h5-7H,1-4H2,(H,15,16)(H,17,18)(H,19,20)(H2,12,13,21)/t6-,7-/m0/s1. The second-order valence-corrected chi connectivity index (χ2v) is 4.08. The molecule has 0 radical (unpaired) electrons. The minimum Gasteiger partial charge on any atom is -0.481 e. The SMILES string of the molecule is O=CCC[C@H](NC(=O)N[C@@H](CCC(=O)O)C(=O)O)C(=O)O. The van der Waals surface area contributed by atoms with E-state index in [-0.39, 0.29) is 19.3 Å². The van der Waals surface area contributed by atoms with Crippen LogP contribution in [-0.4, -0.2) is 57.6 Å². The first-order valence-electron chi connectivity index (χ1n) is 5.96. The van der Waals surface area contributed by atoms with Crippen molar-refractivity contribution in [2.24, 2.45) is 0 Å². The molecule has 2 atom stereocenters. The van der Waals surface area contributed by atoms with Crippen LogP contribution < -0.4 is 10.6 Å². The van der Waals surface area contributed by atoms with Crippen molar-refractivity contribution in [2.45, 2.75) is 37.8 Å². The summed E-state index contributed by atoms with van der Waals surface area (Å²) in [4.78, 5) is 53.7. The van der Waals surface area contributed by atoms with E-state index in [2.05, 4.69) is 0 Å². The molecular formula is C11H16N2O8. The van der Waals surface area contributed by atoms with Crippen molar-refractivity contribution in [3.05, 3.63) is 0 Å². The summed E-state index contributed by atoms with van der Waals surface area (Å²) in [7, 11) is 0. The van der Waals surface area contributed by atoms with Crippen LogP contribution in [0.4, 0.5) is 4.79 Å². The molecule has 0 aliphatic rings. The second kappa shape index (κ2) is 9.28. The molecule has 0 aliphatic heterocycles. The largest absolute Gasteiger partial charge is 0.481 e. The Labute approximate surface area is 119 Å². The number of hydrogen-bond donors (Lipinski definition) is 5. The molecule has 0 bridgehead atoms. The molecule has 10 heteroatoms. The highest BCUT2D eigenvalue weighted by Gasteiger charge is 2.24. The molecule has 0 saturated heterocycles. The van der Waals surface area contributed by atoms with E-state index in [4.69, 9.17) is 15.3 Å². The Kier molecular flexibility index (Phi) is 8.11. The van der Waals surface area contributed by atoms with E-state index in [1.807, 2.05) is 10.6 Å². The van der Waals surface area contributed by atoms with Crippen LogP contribution in [0, 0.1) is 0 Å². The fourth-order valence-corrected chi connectivity index (χ4v) is 1.38. The number of amides is 2. The summed E-state index contributed by atoms with van der Waals surface area (Å²) in [6.45, 7) is 0. The average Bonchev–Trinajstić information content (AvgIpc) is 2.38. The first-order chi connectivity index (χ1) is 9.77. The van der Waals surface area contributed by atoms with Gasteiger partial charge in [0.05, 0.1) is 0 Å². The normalized spacial score (nSPS) is 12.8. The van der Waals surface area contributed by atoms with E-state index >= 15 is 0 Å². The lowest BCUT2D eigenvalue weighted by molar-refractivity contribution is -0.141. The number of carboxylic acid groups (broad SMARTS) is 3. The number of rotatable bonds is 10. The van der Waals surface area contributed by atoms with Crippen molar-refractivity contribution < 1.29 is 39.3 Å². The quantitative estimate of drug-likeness (QED) is 0.321. The van der Waals surface area contributed by atoms with Crippen molar-refractivity contribution in [1.82, 2.24) is 10.6 Å². The number of carbonyl (C=O) groups is 5. The lowest BCUT2D eigenvalue weighted by Gasteiger charge is -2.17. The fourth-order valence-electron chi connectivity index (χ4n) is 1.38. The molecule has 0 saturated carbocycles. The summed E-state index contributed by atoms with van der Waals surface area (Å²) in [5, 5.41) is 30.1. The molecule has 21 heavy (non-hydrogen) atoms. The van der Waals surface area contributed by atoms with Crippen molar-refractivity contribution in [3.63, 3.8) is 0 Å². The maximum Gasteiger partial charge on any atom is 0.326 e. The van der Waals surface area contributed by atoms with Crippen molar-refractivity contribution in [1.29, 1.82) is 0 Å². The van der Waals surface area contributed by atoms with Gasteiger partial charge < -0.3 is 30.7 Å². The van der Waals surface area contributed by atoms with Gasteiger partial charge in [-0.25, -0.2) is 14.4 Å². The Morgan fingerprint density at radius 1 is 0.905 bits per heavy atom. The van der Waals surface area contributed by atoms with E-state index in [1.165, 1.54) is 0 Å². The zero-order chi connectivity index (χ0) is 16.4. The molecule has 0 spiro atoms. The van der Waals surface area contributed by atoms with E-state index in [0.29, 0.717) is 6.29 Å². The van der Waals surface area contributed by atoms with E-state index in [9.17, 15) is 24.0 Å². The molecule has 5 N–H and O–H groups in total. The topological polar surface area (TPSA) is 170 Å². The highest BCUT2D eigenvalue weighted by atomic mass is 16.4. The van der Waals surface area contributed by atoms with Crippen LogP contribution in [0.5, 0.6) is 0 Å². The molecule has 2 amide bonds. The first-order valence-corrected chi connectivity index (χ1v) is 5.96. The Morgan fingerprint density at radius 2 is 1.38 bits per heavy atom. The minimum absolute atomic E-state index is 0.0847. The Morgan fingerprint density at radius 3 is 1.76 bits per heavy atom. The number of aliphatic carboxylic acids is 3. The Balaban J connectivity index is 4.52. The zero-order valence-corrected chi connectivity index (χ0v) is 10.9. The number of aldehydes is 1. The van der Waals surface area contributed by atoms with Crippen LogP contribution in [0.25, 0.3) is 0 Å². The summed E-state index contributed by atoms with van der Waals surface area (Å²) < 4.78 is 0. The molecule has 0 unspecified atom stereocenters. The van der Waals surface area contributed by atoms with Gasteiger partial charge >= 0.3 is 23.9 Å². The zero-order valence-electron chi connectivity index (χ0n) is 10.9. The predicted molar refractivity (Wildman–Crippen MR) is 66.7 cm³/mol. The maximum atomic E-state index is 11.5. The van der Waals surface area contributed by atoms with Crippen LogP contribution in [0.1, 0.15) is 25.7 Å². The van der Waals surface area contributed by atoms with Gasteiger partial charge in [-0.05, 0) is 12.8 Å². The average molecular weight is 304 g/mol. The van der Waals surface area contributed by atoms with Gasteiger partial charge in [0.25, 0.3) is 0 Å². The molecule has 0 heterocycles. The van der Waals surface area contributed by atoms with Gasteiger partial charge in [0.2, 0.25) is 0 Å². The van der Waals surface area contributed by atoms with Crippen LogP contribution in [0.3, 0.4) is 0 Å². The summed E-state index contributed by atoms with van der Waals surface area (Å²) in [6.07, 6.45) is -0.547. The summed E-state index contributed by atoms with van der Waals surface area (Å²) in [5.41, 5.74) is 0. The van der Waals surface area contributed by atoms with Gasteiger partial charge in [-0.1, -0.05) is 0 Å². The van der Waals surface area contributed by atoms with E-state index < -0.39 is 42.4 Å². The molecule has 0 rings (SSSR count). The van der Waals surface area contributed by atoms with Crippen LogP contribution in [-0.2, 0) is 19.2 Å². The van der Waals surface area contributed by atoms with Crippen molar-refractivity contribution >= 4 is 30.2 Å². The lowest BCUT2D eigenvalue weighted by atomic mass is 10.1. The highest BCUT2D eigenvalue weighted by molar-refractivity contribution is 5.86.